The van der Waals surface area contributed by atoms with Crippen LogP contribution in [0.5, 0.6) is 0 Å². The van der Waals surface area contributed by atoms with Gasteiger partial charge in [-0.1, -0.05) is 25.6 Å². The van der Waals surface area contributed by atoms with Gasteiger partial charge in [-0.25, -0.2) is 0 Å². The van der Waals surface area contributed by atoms with Crippen molar-refractivity contribution < 1.29 is 4.79 Å². The lowest BCUT2D eigenvalue weighted by Gasteiger charge is -2.27. The molecule has 0 saturated heterocycles. The summed E-state index contributed by atoms with van der Waals surface area (Å²) in [6.45, 7) is 5.63. The average Bonchev–Trinajstić information content (AvgIpc) is 3.43. The van der Waals surface area contributed by atoms with Gasteiger partial charge in [0.25, 0.3) is 0 Å². The van der Waals surface area contributed by atoms with E-state index in [-0.39, 0.29) is 17.6 Å². The van der Waals surface area contributed by atoms with Crippen LogP contribution in [0.2, 0.25) is 0 Å². The van der Waals surface area contributed by atoms with E-state index in [2.05, 4.69) is 26.2 Å². The van der Waals surface area contributed by atoms with E-state index in [0.717, 1.165) is 11.0 Å². The Morgan fingerprint density at radius 2 is 2.13 bits per heavy atom. The van der Waals surface area contributed by atoms with Gasteiger partial charge in [0.15, 0.2) is 5.16 Å². The molecule has 1 aromatic rings. The Labute approximate surface area is 141 Å². The molecular formula is C16H23N5OS. The molecule has 23 heavy (non-hydrogen) atoms. The molecule has 1 N–H and O–H groups in total. The molecule has 2 aliphatic rings. The number of aromatic nitrogens is 3. The van der Waals surface area contributed by atoms with Crippen LogP contribution >= 0.6 is 11.8 Å². The molecule has 2 aliphatic carbocycles. The van der Waals surface area contributed by atoms with Gasteiger partial charge in [0.1, 0.15) is 11.4 Å². The van der Waals surface area contributed by atoms with Gasteiger partial charge in [0.05, 0.1) is 11.8 Å². The minimum atomic E-state index is -0.832. The number of rotatable bonds is 7. The van der Waals surface area contributed by atoms with Crippen molar-refractivity contribution in [2.24, 2.45) is 5.92 Å². The Bertz CT molecular complexity index is 641. The van der Waals surface area contributed by atoms with Gasteiger partial charge >= 0.3 is 0 Å². The molecule has 2 fully saturated rings. The second-order valence-electron chi connectivity index (χ2n) is 7.02. The van der Waals surface area contributed by atoms with E-state index in [0.29, 0.717) is 12.0 Å². The number of amides is 1. The molecule has 7 heteroatoms. The van der Waals surface area contributed by atoms with Gasteiger partial charge < -0.3 is 9.88 Å². The number of hydrogen-bond donors (Lipinski definition) is 1. The number of carbonyl (C=O) groups is 1. The van der Waals surface area contributed by atoms with Gasteiger partial charge in [-0.2, -0.15) is 5.26 Å². The molecule has 124 valence electrons. The standard InChI is InChI=1S/C16H23N5OS/c1-10(2)16(3,9-17)18-13(22)8-23-15-20-19-14(11-4-5-11)21(15)12-6-7-12/h10-12H,4-8H2,1-3H3,(H,18,22)/t16-/m1/s1. The second-order valence-corrected chi connectivity index (χ2v) is 7.96. The van der Waals surface area contributed by atoms with E-state index in [1.54, 1.807) is 6.92 Å². The summed E-state index contributed by atoms with van der Waals surface area (Å²) in [5.74, 6) is 1.84. The first kappa shape index (κ1) is 16.3. The normalized spacial score (nSPS) is 20.1. The molecular weight excluding hydrogens is 310 g/mol. The topological polar surface area (TPSA) is 83.6 Å². The van der Waals surface area contributed by atoms with Crippen LogP contribution in [-0.2, 0) is 4.79 Å². The Morgan fingerprint density at radius 1 is 1.43 bits per heavy atom. The van der Waals surface area contributed by atoms with Crippen LogP contribution < -0.4 is 5.32 Å². The van der Waals surface area contributed by atoms with Gasteiger partial charge in [-0.15, -0.1) is 10.2 Å². The molecule has 0 radical (unpaired) electrons. The van der Waals surface area contributed by atoms with Crippen molar-refractivity contribution >= 4 is 17.7 Å². The number of hydrogen-bond acceptors (Lipinski definition) is 5. The van der Waals surface area contributed by atoms with Crippen molar-refractivity contribution in [3.63, 3.8) is 0 Å². The molecule has 1 amide bonds. The van der Waals surface area contributed by atoms with E-state index in [1.165, 1.54) is 37.4 Å². The molecule has 1 heterocycles. The third-order valence-corrected chi connectivity index (χ3v) is 5.61. The third-order valence-electron chi connectivity index (χ3n) is 4.66. The molecule has 2 saturated carbocycles. The van der Waals surface area contributed by atoms with E-state index < -0.39 is 5.54 Å². The smallest absolute Gasteiger partial charge is 0.231 e. The van der Waals surface area contributed by atoms with E-state index in [9.17, 15) is 10.1 Å². The van der Waals surface area contributed by atoms with Crippen LogP contribution in [0.4, 0.5) is 0 Å². The fourth-order valence-electron chi connectivity index (χ4n) is 2.44. The fraction of sp³-hybridized carbons (Fsp3) is 0.750. The zero-order valence-corrected chi connectivity index (χ0v) is 14.7. The summed E-state index contributed by atoms with van der Waals surface area (Å²) >= 11 is 1.42. The Hall–Kier alpha value is -1.55. The molecule has 3 rings (SSSR count). The summed E-state index contributed by atoms with van der Waals surface area (Å²) in [6.07, 6.45) is 4.75. The van der Waals surface area contributed by atoms with Crippen molar-refractivity contribution in [2.45, 2.75) is 69.1 Å². The minimum absolute atomic E-state index is 0.0537. The van der Waals surface area contributed by atoms with Crippen molar-refractivity contribution in [1.29, 1.82) is 5.26 Å². The van der Waals surface area contributed by atoms with Crippen molar-refractivity contribution in [3.05, 3.63) is 5.82 Å². The maximum absolute atomic E-state index is 12.2. The highest BCUT2D eigenvalue weighted by Gasteiger charge is 2.36. The minimum Gasteiger partial charge on any atom is -0.337 e. The highest BCUT2D eigenvalue weighted by atomic mass is 32.2. The number of carbonyl (C=O) groups excluding carboxylic acids is 1. The van der Waals surface area contributed by atoms with E-state index >= 15 is 0 Å². The molecule has 1 atom stereocenters. The van der Waals surface area contributed by atoms with Gasteiger partial charge in [-0.3, -0.25) is 4.79 Å². The zero-order valence-electron chi connectivity index (χ0n) is 13.9. The van der Waals surface area contributed by atoms with Crippen molar-refractivity contribution in [2.75, 3.05) is 5.75 Å². The van der Waals surface area contributed by atoms with Crippen LogP contribution in [0, 0.1) is 17.2 Å². The highest BCUT2D eigenvalue weighted by molar-refractivity contribution is 7.99. The van der Waals surface area contributed by atoms with Gasteiger partial charge in [0.2, 0.25) is 5.91 Å². The molecule has 6 nitrogen and oxygen atoms in total. The van der Waals surface area contributed by atoms with Crippen LogP contribution in [0.1, 0.15) is 64.2 Å². The van der Waals surface area contributed by atoms with Crippen LogP contribution in [0.3, 0.4) is 0 Å². The first-order chi connectivity index (χ1) is 10.9. The number of nitrogens with zero attached hydrogens (tertiary/aromatic N) is 4. The summed E-state index contributed by atoms with van der Waals surface area (Å²) in [4.78, 5) is 12.2. The van der Waals surface area contributed by atoms with Crippen LogP contribution in [0.15, 0.2) is 5.16 Å². The van der Waals surface area contributed by atoms with Crippen molar-refractivity contribution in [3.8, 4) is 6.07 Å². The highest BCUT2D eigenvalue weighted by Crippen LogP contribution is 2.45. The summed E-state index contributed by atoms with van der Waals surface area (Å²) in [5, 5.41) is 21.6. The predicted molar refractivity (Wildman–Crippen MR) is 88.0 cm³/mol. The Morgan fingerprint density at radius 3 is 2.65 bits per heavy atom. The lowest BCUT2D eigenvalue weighted by Crippen LogP contribution is -2.49. The first-order valence-corrected chi connectivity index (χ1v) is 9.23. The molecule has 0 aliphatic heterocycles. The van der Waals surface area contributed by atoms with Crippen LogP contribution in [0.25, 0.3) is 0 Å². The third kappa shape index (κ3) is 3.52. The molecule has 0 unspecified atom stereocenters. The van der Waals surface area contributed by atoms with Gasteiger partial charge in [0, 0.05) is 12.0 Å². The monoisotopic (exact) mass is 333 g/mol. The van der Waals surface area contributed by atoms with Crippen LogP contribution in [-0.4, -0.2) is 32.0 Å². The molecule has 0 bridgehead atoms. The first-order valence-electron chi connectivity index (χ1n) is 8.24. The lowest BCUT2D eigenvalue weighted by atomic mass is 9.90. The fourth-order valence-corrected chi connectivity index (χ4v) is 3.25. The maximum atomic E-state index is 12.2. The summed E-state index contributed by atoms with van der Waals surface area (Å²) in [6, 6.07) is 2.72. The predicted octanol–water partition coefficient (Wildman–Crippen LogP) is 2.64. The number of nitriles is 1. The maximum Gasteiger partial charge on any atom is 0.231 e. The second kappa shape index (κ2) is 6.16. The SMILES string of the molecule is CC(C)[C@@](C)(C#N)NC(=O)CSc1nnc(C2CC2)n1C1CC1. The van der Waals surface area contributed by atoms with Gasteiger partial charge in [-0.05, 0) is 38.5 Å². The summed E-state index contributed by atoms with van der Waals surface area (Å²) in [7, 11) is 0. The van der Waals surface area contributed by atoms with E-state index in [1.807, 2.05) is 13.8 Å². The Balaban J connectivity index is 1.62. The zero-order chi connectivity index (χ0) is 16.6. The molecule has 0 aromatic carbocycles. The molecule has 1 aromatic heterocycles. The lowest BCUT2D eigenvalue weighted by molar-refractivity contribution is -0.120. The summed E-state index contributed by atoms with van der Waals surface area (Å²) < 4.78 is 2.24. The average molecular weight is 333 g/mol. The quantitative estimate of drug-likeness (QED) is 0.776. The number of nitrogens with one attached hydrogen (secondary N) is 1. The molecule has 0 spiro atoms. The van der Waals surface area contributed by atoms with Crippen molar-refractivity contribution in [1.82, 2.24) is 20.1 Å². The largest absolute Gasteiger partial charge is 0.337 e. The number of thioether (sulfide) groups is 1. The van der Waals surface area contributed by atoms with E-state index in [4.69, 9.17) is 0 Å². The summed E-state index contributed by atoms with van der Waals surface area (Å²) in [5.41, 5.74) is -0.832. The Kier molecular flexibility index (Phi) is 4.37.